The zero-order chi connectivity index (χ0) is 15.6. The molecule has 1 aliphatic carbocycles. The monoisotopic (exact) mass is 310 g/mol. The normalized spacial score (nSPS) is 35.3. The van der Waals surface area contributed by atoms with Crippen molar-refractivity contribution in [2.75, 3.05) is 52.5 Å². The average Bonchev–Trinajstić information content (AvgIpc) is 2.47. The van der Waals surface area contributed by atoms with Gasteiger partial charge in [-0.25, -0.2) is 0 Å². The molecule has 4 nitrogen and oxygen atoms in total. The van der Waals surface area contributed by atoms with Crippen molar-refractivity contribution in [2.45, 2.75) is 51.6 Å². The highest BCUT2D eigenvalue weighted by molar-refractivity contribution is 4.96. The highest BCUT2D eigenvalue weighted by Gasteiger charge is 2.43. The highest BCUT2D eigenvalue weighted by Crippen LogP contribution is 2.40. The van der Waals surface area contributed by atoms with Crippen molar-refractivity contribution in [3.05, 3.63) is 0 Å². The first kappa shape index (κ1) is 16.7. The van der Waals surface area contributed by atoms with Gasteiger partial charge in [-0.2, -0.15) is 0 Å². The van der Waals surface area contributed by atoms with E-state index < -0.39 is 0 Å². The smallest absolute Gasteiger partial charge is 0.0700 e. The van der Waals surface area contributed by atoms with Gasteiger partial charge in [0.2, 0.25) is 0 Å². The van der Waals surface area contributed by atoms with E-state index in [0.717, 1.165) is 65.3 Å². The first-order valence-corrected chi connectivity index (χ1v) is 9.22. The van der Waals surface area contributed by atoms with E-state index in [1.54, 1.807) is 0 Å². The number of hydrogen-bond donors (Lipinski definition) is 1. The molecule has 0 bridgehead atoms. The number of nitrogens with zero attached hydrogens (tertiary/aromatic N) is 2. The molecule has 1 saturated carbocycles. The molecular weight excluding hydrogens is 276 g/mol. The van der Waals surface area contributed by atoms with Gasteiger partial charge in [-0.1, -0.05) is 26.7 Å². The van der Waals surface area contributed by atoms with Crippen molar-refractivity contribution in [1.82, 2.24) is 9.80 Å². The molecule has 2 heterocycles. The van der Waals surface area contributed by atoms with Gasteiger partial charge in [0, 0.05) is 45.2 Å². The Hall–Kier alpha value is -0.160. The maximum absolute atomic E-state index is 10.8. The fraction of sp³-hybridized carbons (Fsp3) is 1.00. The molecule has 0 aromatic rings. The standard InChI is InChI=1S/C18H34N2O2/c1-17(2,14-19-9-11-22-12-10-19)15-20-8-7-18(21)6-4-3-5-16(18)13-20/h16,21H,3-15H2,1-2H3/t16-,18-/m0/s1. The Bertz CT molecular complexity index is 368. The second-order valence-electron chi connectivity index (χ2n) is 8.58. The van der Waals surface area contributed by atoms with Gasteiger partial charge in [-0.05, 0) is 24.7 Å². The molecule has 0 aromatic carbocycles. The Labute approximate surface area is 135 Å². The minimum absolute atomic E-state index is 0.307. The summed E-state index contributed by atoms with van der Waals surface area (Å²) in [4.78, 5) is 5.16. The van der Waals surface area contributed by atoms with E-state index in [0.29, 0.717) is 11.3 Å². The summed E-state index contributed by atoms with van der Waals surface area (Å²) in [6.07, 6.45) is 5.75. The Morgan fingerprint density at radius 3 is 2.55 bits per heavy atom. The van der Waals surface area contributed by atoms with Crippen LogP contribution in [0, 0.1) is 11.3 Å². The van der Waals surface area contributed by atoms with Crippen LogP contribution in [0.5, 0.6) is 0 Å². The van der Waals surface area contributed by atoms with Crippen molar-refractivity contribution in [3.63, 3.8) is 0 Å². The maximum Gasteiger partial charge on any atom is 0.0700 e. The third-order valence-electron chi connectivity index (χ3n) is 5.92. The van der Waals surface area contributed by atoms with Crippen LogP contribution in [0.3, 0.4) is 0 Å². The number of piperidine rings is 1. The molecular formula is C18H34N2O2. The van der Waals surface area contributed by atoms with Gasteiger partial charge in [-0.3, -0.25) is 4.90 Å². The molecule has 2 atom stereocenters. The molecule has 2 saturated heterocycles. The third kappa shape index (κ3) is 4.02. The first-order valence-electron chi connectivity index (χ1n) is 9.22. The van der Waals surface area contributed by atoms with E-state index in [1.807, 2.05) is 0 Å². The summed E-state index contributed by atoms with van der Waals surface area (Å²) in [6.45, 7) is 13.2. The topological polar surface area (TPSA) is 35.9 Å². The third-order valence-corrected chi connectivity index (χ3v) is 5.92. The molecule has 0 amide bonds. The number of rotatable bonds is 4. The molecule has 0 spiro atoms. The summed E-state index contributed by atoms with van der Waals surface area (Å²) in [5.74, 6) is 0.509. The maximum atomic E-state index is 10.8. The van der Waals surface area contributed by atoms with Gasteiger partial charge in [0.15, 0.2) is 0 Å². The zero-order valence-corrected chi connectivity index (χ0v) is 14.5. The minimum Gasteiger partial charge on any atom is -0.390 e. The van der Waals surface area contributed by atoms with E-state index >= 15 is 0 Å². The quantitative estimate of drug-likeness (QED) is 0.861. The van der Waals surface area contributed by atoms with Crippen molar-refractivity contribution >= 4 is 0 Å². The molecule has 22 heavy (non-hydrogen) atoms. The van der Waals surface area contributed by atoms with Crippen molar-refractivity contribution in [1.29, 1.82) is 0 Å². The SMILES string of the molecule is CC(C)(CN1CCOCC1)CN1CC[C@@]2(O)CCCC[C@H]2C1. The number of ether oxygens (including phenoxy) is 1. The van der Waals surface area contributed by atoms with Crippen LogP contribution < -0.4 is 0 Å². The second-order valence-corrected chi connectivity index (χ2v) is 8.58. The van der Waals surface area contributed by atoms with Crippen molar-refractivity contribution in [3.8, 4) is 0 Å². The lowest BCUT2D eigenvalue weighted by Crippen LogP contribution is -2.55. The molecule has 4 heteroatoms. The second kappa shape index (κ2) is 6.76. The lowest BCUT2D eigenvalue weighted by atomic mass is 9.71. The number of likely N-dealkylation sites (tertiary alicyclic amines) is 1. The Balaban J connectivity index is 1.51. The Morgan fingerprint density at radius 2 is 1.77 bits per heavy atom. The van der Waals surface area contributed by atoms with E-state index in [4.69, 9.17) is 4.74 Å². The molecule has 3 fully saturated rings. The number of hydrogen-bond acceptors (Lipinski definition) is 4. The Kier molecular flexibility index (Phi) is 5.13. The van der Waals surface area contributed by atoms with Crippen LogP contribution in [-0.4, -0.2) is 73.0 Å². The summed E-state index contributed by atoms with van der Waals surface area (Å²) in [5.41, 5.74) is -0.0371. The summed E-state index contributed by atoms with van der Waals surface area (Å²) >= 11 is 0. The van der Waals surface area contributed by atoms with Gasteiger partial charge < -0.3 is 14.7 Å². The lowest BCUT2D eigenvalue weighted by Gasteiger charge is -2.49. The van der Waals surface area contributed by atoms with Crippen LogP contribution in [0.2, 0.25) is 0 Å². The van der Waals surface area contributed by atoms with Crippen LogP contribution in [0.4, 0.5) is 0 Å². The lowest BCUT2D eigenvalue weighted by molar-refractivity contribution is -0.101. The van der Waals surface area contributed by atoms with Crippen LogP contribution in [0.25, 0.3) is 0 Å². The molecule has 2 aliphatic heterocycles. The molecule has 0 radical (unpaired) electrons. The van der Waals surface area contributed by atoms with Gasteiger partial charge in [0.25, 0.3) is 0 Å². The van der Waals surface area contributed by atoms with E-state index in [9.17, 15) is 5.11 Å². The summed E-state index contributed by atoms with van der Waals surface area (Å²) < 4.78 is 5.45. The van der Waals surface area contributed by atoms with Crippen LogP contribution in [0.1, 0.15) is 46.0 Å². The summed E-state index contributed by atoms with van der Waals surface area (Å²) in [7, 11) is 0. The zero-order valence-electron chi connectivity index (χ0n) is 14.5. The van der Waals surface area contributed by atoms with E-state index in [2.05, 4.69) is 23.6 Å². The molecule has 3 aliphatic rings. The summed E-state index contributed by atoms with van der Waals surface area (Å²) in [6, 6.07) is 0. The first-order chi connectivity index (χ1) is 10.5. The Morgan fingerprint density at radius 1 is 1.05 bits per heavy atom. The van der Waals surface area contributed by atoms with E-state index in [-0.39, 0.29) is 5.60 Å². The van der Waals surface area contributed by atoms with E-state index in [1.165, 1.54) is 19.3 Å². The molecule has 0 unspecified atom stereocenters. The van der Waals surface area contributed by atoms with Gasteiger partial charge in [0.05, 0.1) is 18.8 Å². The predicted molar refractivity (Wildman–Crippen MR) is 89.0 cm³/mol. The number of fused-ring (bicyclic) bond motifs is 1. The van der Waals surface area contributed by atoms with Gasteiger partial charge in [-0.15, -0.1) is 0 Å². The molecule has 3 rings (SSSR count). The predicted octanol–water partition coefficient (Wildman–Crippen LogP) is 1.97. The molecule has 1 N–H and O–H groups in total. The number of aliphatic hydroxyl groups is 1. The molecule has 0 aromatic heterocycles. The van der Waals surface area contributed by atoms with Crippen LogP contribution >= 0.6 is 0 Å². The fourth-order valence-electron chi connectivity index (χ4n) is 4.80. The van der Waals surface area contributed by atoms with Crippen LogP contribution in [-0.2, 0) is 4.74 Å². The number of morpholine rings is 1. The molecule has 128 valence electrons. The minimum atomic E-state index is -0.344. The summed E-state index contributed by atoms with van der Waals surface area (Å²) in [5, 5.41) is 10.8. The van der Waals surface area contributed by atoms with Gasteiger partial charge >= 0.3 is 0 Å². The average molecular weight is 310 g/mol. The van der Waals surface area contributed by atoms with Crippen molar-refractivity contribution < 1.29 is 9.84 Å². The largest absolute Gasteiger partial charge is 0.390 e. The van der Waals surface area contributed by atoms with Crippen molar-refractivity contribution in [2.24, 2.45) is 11.3 Å². The van der Waals surface area contributed by atoms with Gasteiger partial charge in [0.1, 0.15) is 0 Å². The highest BCUT2D eigenvalue weighted by atomic mass is 16.5. The fourth-order valence-corrected chi connectivity index (χ4v) is 4.80. The van der Waals surface area contributed by atoms with Crippen LogP contribution in [0.15, 0.2) is 0 Å².